The zero-order chi connectivity index (χ0) is 14.9. The van der Waals surface area contributed by atoms with Gasteiger partial charge < -0.3 is 15.3 Å². The van der Waals surface area contributed by atoms with Crippen LogP contribution in [-0.2, 0) is 20.8 Å². The summed E-state index contributed by atoms with van der Waals surface area (Å²) in [5.41, 5.74) is 0.553. The molecule has 1 fully saturated rings. The second-order valence-corrected chi connectivity index (χ2v) is 4.55. The van der Waals surface area contributed by atoms with Crippen molar-refractivity contribution in [1.82, 2.24) is 4.90 Å². The molecule has 0 saturated carbocycles. The molecule has 3 N–H and O–H groups in total. The van der Waals surface area contributed by atoms with Crippen molar-refractivity contribution in [1.29, 1.82) is 0 Å². The van der Waals surface area contributed by atoms with E-state index >= 15 is 0 Å². The minimum Gasteiger partial charge on any atom is -0.508 e. The number of aliphatic hydroxyl groups is 1. The minimum absolute atomic E-state index is 0.0318. The molecule has 1 saturated heterocycles. The number of phenolic OH excluding ortho intramolecular Hbond substituents is 1. The molecule has 1 heterocycles. The lowest BCUT2D eigenvalue weighted by Crippen LogP contribution is -2.47. The minimum atomic E-state index is -1.47. The van der Waals surface area contributed by atoms with E-state index in [-0.39, 0.29) is 12.2 Å². The van der Waals surface area contributed by atoms with Gasteiger partial charge in [-0.25, -0.2) is 4.79 Å². The van der Waals surface area contributed by atoms with Crippen molar-refractivity contribution in [2.75, 3.05) is 0 Å². The first-order chi connectivity index (χ1) is 9.40. The van der Waals surface area contributed by atoms with Crippen LogP contribution in [0.2, 0.25) is 0 Å². The molecule has 1 aliphatic heterocycles. The second kappa shape index (κ2) is 5.30. The van der Waals surface area contributed by atoms with Crippen LogP contribution in [0.15, 0.2) is 24.3 Å². The summed E-state index contributed by atoms with van der Waals surface area (Å²) in [7, 11) is 0. The van der Waals surface area contributed by atoms with Crippen molar-refractivity contribution in [3.8, 4) is 5.75 Å². The summed E-state index contributed by atoms with van der Waals surface area (Å²) >= 11 is 0. The summed E-state index contributed by atoms with van der Waals surface area (Å²) in [5.74, 6) is -2.88. The molecule has 0 unspecified atom stereocenters. The molecule has 2 amide bonds. The Balaban J connectivity index is 2.24. The fourth-order valence-corrected chi connectivity index (χ4v) is 2.11. The summed E-state index contributed by atoms with van der Waals surface area (Å²) in [5, 5.41) is 27.7. The van der Waals surface area contributed by atoms with Gasteiger partial charge in [0.15, 0.2) is 0 Å². The number of carbonyl (C=O) groups excluding carboxylic acids is 2. The number of imide groups is 1. The lowest BCUT2D eigenvalue weighted by molar-refractivity contribution is -0.155. The largest absolute Gasteiger partial charge is 0.508 e. The van der Waals surface area contributed by atoms with Crippen molar-refractivity contribution in [3.05, 3.63) is 29.8 Å². The third-order valence-electron chi connectivity index (χ3n) is 3.12. The van der Waals surface area contributed by atoms with Crippen LogP contribution in [-0.4, -0.2) is 50.1 Å². The SMILES string of the molecule is O=C(O)[C@H](Cc1ccc(O)cc1)N1C(=O)C[C@@H](O)C1=O. The Labute approximate surface area is 114 Å². The van der Waals surface area contributed by atoms with Crippen LogP contribution in [0.4, 0.5) is 0 Å². The lowest BCUT2D eigenvalue weighted by Gasteiger charge is -2.22. The average molecular weight is 279 g/mol. The van der Waals surface area contributed by atoms with E-state index in [0.717, 1.165) is 0 Å². The zero-order valence-electron chi connectivity index (χ0n) is 10.4. The molecule has 1 aromatic carbocycles. The van der Waals surface area contributed by atoms with E-state index in [1.54, 1.807) is 0 Å². The van der Waals surface area contributed by atoms with Gasteiger partial charge in [-0.3, -0.25) is 14.5 Å². The number of likely N-dealkylation sites (tertiary alicyclic amines) is 1. The molecule has 0 aliphatic carbocycles. The Morgan fingerprint density at radius 2 is 1.90 bits per heavy atom. The number of carboxylic acid groups (broad SMARTS) is 1. The third-order valence-corrected chi connectivity index (χ3v) is 3.12. The summed E-state index contributed by atoms with van der Waals surface area (Å²) in [4.78, 5) is 35.2. The monoisotopic (exact) mass is 279 g/mol. The Hall–Kier alpha value is -2.41. The standard InChI is InChI=1S/C13H13NO6/c15-8-3-1-7(2-4-8)5-9(13(19)20)14-11(17)6-10(16)12(14)18/h1-4,9-10,15-16H,5-6H2,(H,19,20)/t9-,10+/m0/s1. The number of amides is 2. The zero-order valence-corrected chi connectivity index (χ0v) is 10.4. The highest BCUT2D eigenvalue weighted by Gasteiger charge is 2.44. The quantitative estimate of drug-likeness (QED) is 0.640. The van der Waals surface area contributed by atoms with Crippen LogP contribution in [0, 0.1) is 0 Å². The predicted octanol–water partition coefficient (Wildman–Crippen LogP) is -0.492. The number of rotatable bonds is 4. The highest BCUT2D eigenvalue weighted by Crippen LogP contribution is 2.20. The van der Waals surface area contributed by atoms with Gasteiger partial charge in [0, 0.05) is 6.42 Å². The maximum Gasteiger partial charge on any atom is 0.327 e. The highest BCUT2D eigenvalue weighted by molar-refractivity contribution is 6.07. The predicted molar refractivity (Wildman–Crippen MR) is 65.7 cm³/mol. The Kier molecular flexibility index (Phi) is 3.71. The molecule has 0 aromatic heterocycles. The molecule has 2 atom stereocenters. The number of phenols is 1. The van der Waals surface area contributed by atoms with E-state index in [2.05, 4.69) is 0 Å². The Bertz CT molecular complexity index is 552. The van der Waals surface area contributed by atoms with E-state index in [1.807, 2.05) is 0 Å². The average Bonchev–Trinajstić information content (AvgIpc) is 2.63. The summed E-state index contributed by atoms with van der Waals surface area (Å²) in [6.07, 6.45) is -1.94. The molecule has 0 radical (unpaired) electrons. The van der Waals surface area contributed by atoms with Crippen molar-refractivity contribution < 1.29 is 29.7 Å². The third kappa shape index (κ3) is 2.62. The van der Waals surface area contributed by atoms with Crippen LogP contribution >= 0.6 is 0 Å². The van der Waals surface area contributed by atoms with Gasteiger partial charge >= 0.3 is 5.97 Å². The number of nitrogens with zero attached hydrogens (tertiary/aromatic N) is 1. The van der Waals surface area contributed by atoms with E-state index in [9.17, 15) is 24.6 Å². The van der Waals surface area contributed by atoms with Gasteiger partial charge in [-0.1, -0.05) is 12.1 Å². The smallest absolute Gasteiger partial charge is 0.327 e. The normalized spacial score (nSPS) is 20.2. The molecule has 0 spiro atoms. The molecule has 7 nitrogen and oxygen atoms in total. The number of hydrogen-bond donors (Lipinski definition) is 3. The van der Waals surface area contributed by atoms with Gasteiger partial charge in [0.1, 0.15) is 17.9 Å². The van der Waals surface area contributed by atoms with E-state index in [1.165, 1.54) is 24.3 Å². The van der Waals surface area contributed by atoms with Crippen molar-refractivity contribution in [2.45, 2.75) is 25.0 Å². The molecular weight excluding hydrogens is 266 g/mol. The molecule has 106 valence electrons. The molecule has 1 aromatic rings. The van der Waals surface area contributed by atoms with Gasteiger partial charge in [-0.15, -0.1) is 0 Å². The molecule has 1 aliphatic rings. The first-order valence-corrected chi connectivity index (χ1v) is 5.95. The van der Waals surface area contributed by atoms with Crippen LogP contribution < -0.4 is 0 Å². The molecule has 0 bridgehead atoms. The first kappa shape index (κ1) is 14.0. The van der Waals surface area contributed by atoms with Gasteiger partial charge in [0.2, 0.25) is 5.91 Å². The fraction of sp³-hybridized carbons (Fsp3) is 0.308. The number of aliphatic hydroxyl groups excluding tert-OH is 1. The maximum absolute atomic E-state index is 11.7. The molecular formula is C13H13NO6. The lowest BCUT2D eigenvalue weighted by atomic mass is 10.0. The van der Waals surface area contributed by atoms with Crippen molar-refractivity contribution in [2.24, 2.45) is 0 Å². The van der Waals surface area contributed by atoms with Crippen LogP contribution in [0.3, 0.4) is 0 Å². The van der Waals surface area contributed by atoms with E-state index < -0.39 is 36.4 Å². The van der Waals surface area contributed by atoms with Gasteiger partial charge in [0.25, 0.3) is 5.91 Å². The Morgan fingerprint density at radius 1 is 1.30 bits per heavy atom. The summed E-state index contributed by atoms with van der Waals surface area (Å²) in [6.45, 7) is 0. The maximum atomic E-state index is 11.7. The van der Waals surface area contributed by atoms with Crippen LogP contribution in [0.1, 0.15) is 12.0 Å². The van der Waals surface area contributed by atoms with Gasteiger partial charge in [0.05, 0.1) is 6.42 Å². The van der Waals surface area contributed by atoms with Crippen LogP contribution in [0.25, 0.3) is 0 Å². The first-order valence-electron chi connectivity index (χ1n) is 5.95. The fourth-order valence-electron chi connectivity index (χ4n) is 2.11. The molecule has 2 rings (SSSR count). The van der Waals surface area contributed by atoms with Gasteiger partial charge in [-0.2, -0.15) is 0 Å². The Morgan fingerprint density at radius 3 is 2.35 bits per heavy atom. The second-order valence-electron chi connectivity index (χ2n) is 4.55. The topological polar surface area (TPSA) is 115 Å². The highest BCUT2D eigenvalue weighted by atomic mass is 16.4. The number of carboxylic acids is 1. The number of aliphatic carboxylic acids is 1. The number of hydrogen-bond acceptors (Lipinski definition) is 5. The molecule has 7 heteroatoms. The number of benzene rings is 1. The van der Waals surface area contributed by atoms with E-state index in [0.29, 0.717) is 10.5 Å². The van der Waals surface area contributed by atoms with Crippen molar-refractivity contribution in [3.63, 3.8) is 0 Å². The summed E-state index contributed by atoms with van der Waals surface area (Å²) < 4.78 is 0. The van der Waals surface area contributed by atoms with Gasteiger partial charge in [-0.05, 0) is 17.7 Å². The number of aromatic hydroxyl groups is 1. The van der Waals surface area contributed by atoms with Crippen molar-refractivity contribution >= 4 is 17.8 Å². The van der Waals surface area contributed by atoms with E-state index in [4.69, 9.17) is 5.11 Å². The molecule has 20 heavy (non-hydrogen) atoms. The van der Waals surface area contributed by atoms with Crippen LogP contribution in [0.5, 0.6) is 5.75 Å². The summed E-state index contributed by atoms with van der Waals surface area (Å²) in [6, 6.07) is 4.42. The number of carbonyl (C=O) groups is 3.